The van der Waals surface area contributed by atoms with Gasteiger partial charge in [0.2, 0.25) is 6.10 Å². The molecule has 1 amide bonds. The lowest BCUT2D eigenvalue weighted by atomic mass is 10.0. The van der Waals surface area contributed by atoms with Crippen LogP contribution in [0, 0.1) is 0 Å². The fourth-order valence-electron chi connectivity index (χ4n) is 3.17. The Bertz CT molecular complexity index is 790. The second kappa shape index (κ2) is 7.70. The van der Waals surface area contributed by atoms with E-state index in [1.807, 2.05) is 47.2 Å². The number of nitrogens with zero attached hydrogens (tertiary/aromatic N) is 1. The standard InChI is InChI=1S/C19H19NO5S/c1-12(21)24-17-16(15-8-9-26-11-15)20(10-14-6-4-3-5-7-14)19(23)18(17)25-13(2)22/h3-9,11,16-18H,10H2,1-2H3/t16-,17+,18-/m1/s1. The summed E-state index contributed by atoms with van der Waals surface area (Å²) in [4.78, 5) is 37.7. The van der Waals surface area contributed by atoms with Crippen molar-refractivity contribution in [3.63, 3.8) is 0 Å². The lowest BCUT2D eigenvalue weighted by molar-refractivity contribution is -0.166. The Labute approximate surface area is 155 Å². The van der Waals surface area contributed by atoms with E-state index in [0.29, 0.717) is 6.54 Å². The van der Waals surface area contributed by atoms with E-state index in [1.54, 1.807) is 4.90 Å². The second-order valence-electron chi connectivity index (χ2n) is 6.06. The monoisotopic (exact) mass is 373 g/mol. The largest absolute Gasteiger partial charge is 0.455 e. The van der Waals surface area contributed by atoms with Crippen LogP contribution in [0.15, 0.2) is 47.2 Å². The molecule has 136 valence electrons. The van der Waals surface area contributed by atoms with Gasteiger partial charge in [-0.25, -0.2) is 0 Å². The number of esters is 2. The third kappa shape index (κ3) is 3.77. The molecule has 1 aromatic carbocycles. The molecule has 7 heteroatoms. The molecular formula is C19H19NO5S. The summed E-state index contributed by atoms with van der Waals surface area (Å²) in [5, 5.41) is 3.80. The van der Waals surface area contributed by atoms with E-state index in [2.05, 4.69) is 0 Å². The summed E-state index contributed by atoms with van der Waals surface area (Å²) in [6.45, 7) is 2.84. The molecule has 0 radical (unpaired) electrons. The zero-order valence-electron chi connectivity index (χ0n) is 14.5. The average molecular weight is 373 g/mol. The summed E-state index contributed by atoms with van der Waals surface area (Å²) < 4.78 is 10.7. The van der Waals surface area contributed by atoms with Gasteiger partial charge in [0.1, 0.15) is 0 Å². The zero-order valence-corrected chi connectivity index (χ0v) is 15.3. The zero-order chi connectivity index (χ0) is 18.7. The molecule has 26 heavy (non-hydrogen) atoms. The molecule has 1 aromatic heterocycles. The van der Waals surface area contributed by atoms with Gasteiger partial charge in [0, 0.05) is 20.4 Å². The maximum Gasteiger partial charge on any atom is 0.303 e. The second-order valence-corrected chi connectivity index (χ2v) is 6.84. The SMILES string of the molecule is CC(=O)O[C@H]1[C@@H](c2ccsc2)N(Cc2ccccc2)C(=O)[C@@H]1OC(C)=O. The maximum absolute atomic E-state index is 13.0. The number of likely N-dealkylation sites (tertiary alicyclic amines) is 1. The Morgan fingerprint density at radius 2 is 1.77 bits per heavy atom. The third-order valence-corrected chi connectivity index (χ3v) is 4.85. The lowest BCUT2D eigenvalue weighted by Gasteiger charge is -2.27. The van der Waals surface area contributed by atoms with Gasteiger partial charge in [-0.1, -0.05) is 30.3 Å². The Balaban J connectivity index is 2.00. The fourth-order valence-corrected chi connectivity index (χ4v) is 3.86. The van der Waals surface area contributed by atoms with E-state index in [0.717, 1.165) is 11.1 Å². The molecule has 0 N–H and O–H groups in total. The van der Waals surface area contributed by atoms with Crippen LogP contribution in [0.1, 0.15) is 31.0 Å². The van der Waals surface area contributed by atoms with Gasteiger partial charge in [0.15, 0.2) is 6.10 Å². The molecule has 1 aliphatic rings. The highest BCUT2D eigenvalue weighted by molar-refractivity contribution is 7.08. The summed E-state index contributed by atoms with van der Waals surface area (Å²) in [5.74, 6) is -1.49. The molecule has 6 nitrogen and oxygen atoms in total. The molecule has 3 atom stereocenters. The third-order valence-electron chi connectivity index (χ3n) is 4.15. The van der Waals surface area contributed by atoms with Gasteiger partial charge in [-0.05, 0) is 28.0 Å². The molecule has 1 fully saturated rings. The van der Waals surface area contributed by atoms with Gasteiger partial charge in [0.05, 0.1) is 6.04 Å². The maximum atomic E-state index is 13.0. The molecule has 0 spiro atoms. The number of ether oxygens (including phenoxy) is 2. The molecule has 2 heterocycles. The van der Waals surface area contributed by atoms with Gasteiger partial charge < -0.3 is 14.4 Å². The average Bonchev–Trinajstić information content (AvgIpc) is 3.19. The molecule has 0 unspecified atom stereocenters. The van der Waals surface area contributed by atoms with Crippen molar-refractivity contribution in [3.8, 4) is 0 Å². The van der Waals surface area contributed by atoms with E-state index in [-0.39, 0.29) is 5.91 Å². The van der Waals surface area contributed by atoms with Crippen molar-refractivity contribution >= 4 is 29.2 Å². The molecule has 2 aromatic rings. The van der Waals surface area contributed by atoms with Crippen LogP contribution in [0.5, 0.6) is 0 Å². The summed E-state index contributed by atoms with van der Waals surface area (Å²) in [6.07, 6.45) is -2.03. The molecule has 0 aliphatic carbocycles. The number of thiophene rings is 1. The molecule has 1 aliphatic heterocycles. The van der Waals surface area contributed by atoms with Crippen LogP contribution < -0.4 is 0 Å². The van der Waals surface area contributed by atoms with E-state index in [1.165, 1.54) is 25.2 Å². The minimum Gasteiger partial charge on any atom is -0.455 e. The number of hydrogen-bond acceptors (Lipinski definition) is 6. The minimum atomic E-state index is -1.15. The minimum absolute atomic E-state index is 0.329. The number of hydrogen-bond donors (Lipinski definition) is 0. The Morgan fingerprint density at radius 3 is 2.35 bits per heavy atom. The lowest BCUT2D eigenvalue weighted by Crippen LogP contribution is -2.36. The highest BCUT2D eigenvalue weighted by Crippen LogP contribution is 2.39. The summed E-state index contributed by atoms with van der Waals surface area (Å²) in [6, 6.07) is 10.9. The Hall–Kier alpha value is -2.67. The predicted molar refractivity (Wildman–Crippen MR) is 95.2 cm³/mol. The van der Waals surface area contributed by atoms with Gasteiger partial charge >= 0.3 is 11.9 Å². The van der Waals surface area contributed by atoms with E-state index in [4.69, 9.17) is 9.47 Å². The van der Waals surface area contributed by atoms with Crippen LogP contribution in [0.25, 0.3) is 0 Å². The molecule has 0 saturated carbocycles. The van der Waals surface area contributed by atoms with Crippen molar-refractivity contribution in [1.82, 2.24) is 4.90 Å². The van der Waals surface area contributed by atoms with Crippen molar-refractivity contribution in [3.05, 3.63) is 58.3 Å². The van der Waals surface area contributed by atoms with Crippen LogP contribution in [0.4, 0.5) is 0 Å². The number of carbonyl (C=O) groups is 3. The van der Waals surface area contributed by atoms with Crippen molar-refractivity contribution in [2.24, 2.45) is 0 Å². The Kier molecular flexibility index (Phi) is 5.37. The van der Waals surface area contributed by atoms with Crippen molar-refractivity contribution in [2.75, 3.05) is 0 Å². The van der Waals surface area contributed by atoms with Gasteiger partial charge in [-0.2, -0.15) is 11.3 Å². The molecule has 0 bridgehead atoms. The number of carbonyl (C=O) groups excluding carboxylic acids is 3. The molecule has 1 saturated heterocycles. The Morgan fingerprint density at radius 1 is 1.08 bits per heavy atom. The molecular weight excluding hydrogens is 354 g/mol. The summed E-state index contributed by atoms with van der Waals surface area (Å²) in [7, 11) is 0. The van der Waals surface area contributed by atoms with Crippen molar-refractivity contribution in [1.29, 1.82) is 0 Å². The number of rotatable bonds is 5. The smallest absolute Gasteiger partial charge is 0.303 e. The first-order chi connectivity index (χ1) is 12.5. The van der Waals surface area contributed by atoms with E-state index < -0.39 is 30.2 Å². The summed E-state index contributed by atoms with van der Waals surface area (Å²) >= 11 is 1.49. The van der Waals surface area contributed by atoms with Crippen LogP contribution in [0.3, 0.4) is 0 Å². The van der Waals surface area contributed by atoms with Gasteiger partial charge in [-0.15, -0.1) is 0 Å². The topological polar surface area (TPSA) is 72.9 Å². The first-order valence-electron chi connectivity index (χ1n) is 8.18. The normalized spacial score (nSPS) is 22.3. The fraction of sp³-hybridized carbons (Fsp3) is 0.316. The van der Waals surface area contributed by atoms with Crippen LogP contribution >= 0.6 is 11.3 Å². The summed E-state index contributed by atoms with van der Waals surface area (Å²) in [5.41, 5.74) is 1.78. The highest BCUT2D eigenvalue weighted by Gasteiger charge is 2.53. The number of amides is 1. The van der Waals surface area contributed by atoms with Crippen LogP contribution in [-0.4, -0.2) is 35.0 Å². The van der Waals surface area contributed by atoms with E-state index >= 15 is 0 Å². The first kappa shape index (κ1) is 18.1. The van der Waals surface area contributed by atoms with Crippen molar-refractivity contribution < 1.29 is 23.9 Å². The highest BCUT2D eigenvalue weighted by atomic mass is 32.1. The van der Waals surface area contributed by atoms with Crippen LogP contribution in [-0.2, 0) is 30.4 Å². The van der Waals surface area contributed by atoms with E-state index in [9.17, 15) is 14.4 Å². The van der Waals surface area contributed by atoms with Gasteiger partial charge in [0.25, 0.3) is 5.91 Å². The van der Waals surface area contributed by atoms with Gasteiger partial charge in [-0.3, -0.25) is 14.4 Å². The van der Waals surface area contributed by atoms with Crippen molar-refractivity contribution in [2.45, 2.75) is 38.6 Å². The molecule has 3 rings (SSSR count). The first-order valence-corrected chi connectivity index (χ1v) is 9.12. The van der Waals surface area contributed by atoms with Crippen LogP contribution in [0.2, 0.25) is 0 Å². The predicted octanol–water partition coefficient (Wildman–Crippen LogP) is 2.70. The number of benzene rings is 1. The quantitative estimate of drug-likeness (QED) is 0.754.